The van der Waals surface area contributed by atoms with Crippen LogP contribution in [0.5, 0.6) is 0 Å². The minimum absolute atomic E-state index is 0. The molecule has 0 aliphatic heterocycles. The first-order valence-corrected chi connectivity index (χ1v) is 7.47. The summed E-state index contributed by atoms with van der Waals surface area (Å²) in [7, 11) is 0. The lowest BCUT2D eigenvalue weighted by Crippen LogP contribution is -2.13. The van der Waals surface area contributed by atoms with Crippen LogP contribution in [0.25, 0.3) is 0 Å². The Bertz CT molecular complexity index is 670. The second-order valence-electron chi connectivity index (χ2n) is 5.58. The van der Waals surface area contributed by atoms with E-state index in [1.807, 2.05) is 30.3 Å². The SMILES string of the molecule is Cl.Nc1ccccc1CCC(=O)Nc1ccc2c(c1)CCC2. The zero-order valence-corrected chi connectivity index (χ0v) is 13.3. The van der Waals surface area contributed by atoms with Crippen LogP contribution in [-0.2, 0) is 24.1 Å². The average Bonchev–Trinajstić information content (AvgIpc) is 2.94. The van der Waals surface area contributed by atoms with Gasteiger partial charge in [0.25, 0.3) is 0 Å². The Kier molecular flexibility index (Phi) is 5.45. The predicted octanol–water partition coefficient (Wildman–Crippen LogP) is 3.75. The van der Waals surface area contributed by atoms with Gasteiger partial charge >= 0.3 is 0 Å². The molecule has 3 rings (SSSR count). The lowest BCUT2D eigenvalue weighted by atomic mass is 10.1. The molecule has 0 saturated heterocycles. The molecule has 3 N–H and O–H groups in total. The van der Waals surface area contributed by atoms with E-state index in [1.54, 1.807) is 0 Å². The molecule has 0 fully saturated rings. The standard InChI is InChI=1S/C18H20N2O.ClH/c19-17-7-2-1-4-14(17)9-11-18(21)20-16-10-8-13-5-3-6-15(13)12-16;/h1-2,4,7-8,10,12H,3,5-6,9,11,19H2,(H,20,21);1H. The minimum atomic E-state index is 0. The van der Waals surface area contributed by atoms with Crippen LogP contribution in [-0.4, -0.2) is 5.91 Å². The van der Waals surface area contributed by atoms with Crippen molar-refractivity contribution < 1.29 is 4.79 Å². The van der Waals surface area contributed by atoms with Gasteiger partial charge in [0.05, 0.1) is 0 Å². The van der Waals surface area contributed by atoms with Gasteiger partial charge in [0.15, 0.2) is 0 Å². The molecule has 3 nitrogen and oxygen atoms in total. The fourth-order valence-electron chi connectivity index (χ4n) is 2.88. The molecule has 1 amide bonds. The summed E-state index contributed by atoms with van der Waals surface area (Å²) in [5.41, 5.74) is 11.4. The summed E-state index contributed by atoms with van der Waals surface area (Å²) in [6.45, 7) is 0. The van der Waals surface area contributed by atoms with Crippen molar-refractivity contribution in [2.75, 3.05) is 11.1 Å². The molecule has 116 valence electrons. The third-order valence-corrected chi connectivity index (χ3v) is 4.06. The van der Waals surface area contributed by atoms with E-state index in [9.17, 15) is 4.79 Å². The number of carbonyl (C=O) groups excluding carboxylic acids is 1. The molecule has 0 aromatic heterocycles. The summed E-state index contributed by atoms with van der Waals surface area (Å²) in [5.74, 6) is 0.0381. The number of carbonyl (C=O) groups is 1. The number of nitrogens with one attached hydrogen (secondary N) is 1. The fraction of sp³-hybridized carbons (Fsp3) is 0.278. The van der Waals surface area contributed by atoms with E-state index in [0.717, 1.165) is 29.8 Å². The molecule has 22 heavy (non-hydrogen) atoms. The van der Waals surface area contributed by atoms with Gasteiger partial charge in [-0.3, -0.25) is 4.79 Å². The molecule has 1 aliphatic carbocycles. The Morgan fingerprint density at radius 2 is 1.86 bits per heavy atom. The quantitative estimate of drug-likeness (QED) is 0.844. The second-order valence-corrected chi connectivity index (χ2v) is 5.58. The van der Waals surface area contributed by atoms with E-state index >= 15 is 0 Å². The van der Waals surface area contributed by atoms with Gasteiger partial charge < -0.3 is 11.1 Å². The molecule has 1 aliphatic rings. The number of benzene rings is 2. The first kappa shape index (κ1) is 16.4. The molecule has 0 radical (unpaired) electrons. The highest BCUT2D eigenvalue weighted by Crippen LogP contribution is 2.25. The Balaban J connectivity index is 0.00000176. The van der Waals surface area contributed by atoms with Crippen molar-refractivity contribution in [2.45, 2.75) is 32.1 Å². The topological polar surface area (TPSA) is 55.1 Å². The van der Waals surface area contributed by atoms with Crippen LogP contribution in [0.1, 0.15) is 29.5 Å². The molecule has 0 saturated carbocycles. The maximum atomic E-state index is 12.0. The number of halogens is 1. The van der Waals surface area contributed by atoms with E-state index in [-0.39, 0.29) is 18.3 Å². The second kappa shape index (κ2) is 7.32. The Labute approximate surface area is 137 Å². The Hall–Kier alpha value is -2.00. The van der Waals surface area contributed by atoms with Crippen LogP contribution in [0.2, 0.25) is 0 Å². The molecule has 0 spiro atoms. The lowest BCUT2D eigenvalue weighted by molar-refractivity contribution is -0.116. The van der Waals surface area contributed by atoms with Crippen LogP contribution in [0.3, 0.4) is 0 Å². The molecule has 2 aromatic rings. The maximum absolute atomic E-state index is 12.0. The average molecular weight is 317 g/mol. The first-order chi connectivity index (χ1) is 10.2. The van der Waals surface area contributed by atoms with Gasteiger partial charge in [-0.15, -0.1) is 12.4 Å². The highest BCUT2D eigenvalue weighted by atomic mass is 35.5. The Morgan fingerprint density at radius 1 is 1.09 bits per heavy atom. The van der Waals surface area contributed by atoms with Gasteiger partial charge in [-0.1, -0.05) is 24.3 Å². The number of amides is 1. The van der Waals surface area contributed by atoms with Crippen LogP contribution in [0.15, 0.2) is 42.5 Å². The third kappa shape index (κ3) is 3.80. The normalized spacial score (nSPS) is 12.4. The van der Waals surface area contributed by atoms with Crippen molar-refractivity contribution in [1.29, 1.82) is 0 Å². The van der Waals surface area contributed by atoms with Gasteiger partial charge in [-0.05, 0) is 60.6 Å². The van der Waals surface area contributed by atoms with Crippen molar-refractivity contribution in [1.82, 2.24) is 0 Å². The van der Waals surface area contributed by atoms with Crippen LogP contribution < -0.4 is 11.1 Å². The van der Waals surface area contributed by atoms with Gasteiger partial charge in [0, 0.05) is 17.8 Å². The molecular formula is C18H21ClN2O. The Morgan fingerprint density at radius 3 is 2.68 bits per heavy atom. The summed E-state index contributed by atoms with van der Waals surface area (Å²) < 4.78 is 0. The van der Waals surface area contributed by atoms with Crippen molar-refractivity contribution in [3.63, 3.8) is 0 Å². The van der Waals surface area contributed by atoms with Gasteiger partial charge in [0.2, 0.25) is 5.91 Å². The molecule has 2 aromatic carbocycles. The summed E-state index contributed by atoms with van der Waals surface area (Å²) in [6, 6.07) is 13.9. The highest BCUT2D eigenvalue weighted by Gasteiger charge is 2.12. The lowest BCUT2D eigenvalue weighted by Gasteiger charge is -2.08. The van der Waals surface area contributed by atoms with Crippen LogP contribution >= 0.6 is 12.4 Å². The van der Waals surface area contributed by atoms with E-state index in [4.69, 9.17) is 5.73 Å². The monoisotopic (exact) mass is 316 g/mol. The molecule has 0 unspecified atom stereocenters. The number of fused-ring (bicyclic) bond motifs is 1. The molecular weight excluding hydrogens is 296 g/mol. The maximum Gasteiger partial charge on any atom is 0.224 e. The summed E-state index contributed by atoms with van der Waals surface area (Å²) in [6.07, 6.45) is 4.63. The number of nitrogen functional groups attached to an aromatic ring is 1. The highest BCUT2D eigenvalue weighted by molar-refractivity contribution is 5.91. The fourth-order valence-corrected chi connectivity index (χ4v) is 2.88. The number of aryl methyl sites for hydroxylation is 3. The molecule has 0 bridgehead atoms. The number of hydrogen-bond acceptors (Lipinski definition) is 2. The van der Waals surface area contributed by atoms with Crippen LogP contribution in [0.4, 0.5) is 11.4 Å². The number of para-hydroxylation sites is 1. The van der Waals surface area contributed by atoms with Crippen molar-refractivity contribution in [2.24, 2.45) is 0 Å². The van der Waals surface area contributed by atoms with Gasteiger partial charge in [-0.2, -0.15) is 0 Å². The smallest absolute Gasteiger partial charge is 0.224 e. The van der Waals surface area contributed by atoms with Crippen LogP contribution in [0, 0.1) is 0 Å². The van der Waals surface area contributed by atoms with E-state index in [2.05, 4.69) is 17.4 Å². The van der Waals surface area contributed by atoms with Gasteiger partial charge in [-0.25, -0.2) is 0 Å². The van der Waals surface area contributed by atoms with Crippen molar-refractivity contribution in [3.8, 4) is 0 Å². The molecule has 0 heterocycles. The largest absolute Gasteiger partial charge is 0.399 e. The predicted molar refractivity (Wildman–Crippen MR) is 93.5 cm³/mol. The van der Waals surface area contributed by atoms with Crippen molar-refractivity contribution >= 4 is 29.7 Å². The number of hydrogen-bond donors (Lipinski definition) is 2. The summed E-state index contributed by atoms with van der Waals surface area (Å²) in [4.78, 5) is 12.0. The number of nitrogens with two attached hydrogens (primary N) is 1. The van der Waals surface area contributed by atoms with Crippen molar-refractivity contribution in [3.05, 3.63) is 59.2 Å². The van der Waals surface area contributed by atoms with Gasteiger partial charge in [0.1, 0.15) is 0 Å². The minimum Gasteiger partial charge on any atom is -0.399 e. The number of anilines is 2. The molecule has 0 atom stereocenters. The summed E-state index contributed by atoms with van der Waals surface area (Å²) in [5, 5.41) is 2.98. The van der Waals surface area contributed by atoms with E-state index in [1.165, 1.54) is 17.5 Å². The number of rotatable bonds is 4. The third-order valence-electron chi connectivity index (χ3n) is 4.06. The first-order valence-electron chi connectivity index (χ1n) is 7.47. The zero-order valence-electron chi connectivity index (χ0n) is 12.5. The summed E-state index contributed by atoms with van der Waals surface area (Å²) >= 11 is 0. The zero-order chi connectivity index (χ0) is 14.7. The van der Waals surface area contributed by atoms with E-state index < -0.39 is 0 Å². The van der Waals surface area contributed by atoms with E-state index in [0.29, 0.717) is 12.8 Å². The molecule has 4 heteroatoms.